The van der Waals surface area contributed by atoms with Crippen LogP contribution in [0.5, 0.6) is 5.75 Å². The number of hydrogen-bond acceptors (Lipinski definition) is 1. The predicted octanol–water partition coefficient (Wildman–Crippen LogP) is 3.86. The molecule has 1 unspecified atom stereocenters. The van der Waals surface area contributed by atoms with Gasteiger partial charge in [0, 0.05) is 16.5 Å². The highest BCUT2D eigenvalue weighted by atomic mass is 35.5. The van der Waals surface area contributed by atoms with Crippen LogP contribution in [-0.4, -0.2) is 6.61 Å². The van der Waals surface area contributed by atoms with Gasteiger partial charge in [-0.05, 0) is 18.2 Å². The van der Waals surface area contributed by atoms with Crippen LogP contribution in [0.2, 0.25) is 5.02 Å². The normalized spacial score (nSPS) is 18.3. The summed E-state index contributed by atoms with van der Waals surface area (Å²) in [6.07, 6.45) is 0. The lowest BCUT2D eigenvalue weighted by molar-refractivity contribution is 0.337. The fraction of sp³-hybridized carbons (Fsp3) is 0.455. The molecule has 1 aromatic carbocycles. The van der Waals surface area contributed by atoms with Gasteiger partial charge in [-0.25, -0.2) is 0 Å². The van der Waals surface area contributed by atoms with Gasteiger partial charge in [-0.2, -0.15) is 0 Å². The lowest BCUT2D eigenvalue weighted by Crippen LogP contribution is -1.93. The van der Waals surface area contributed by atoms with Gasteiger partial charge in [-0.1, -0.05) is 32.4 Å². The molecule has 72 valence electrons. The zero-order valence-corrected chi connectivity index (χ0v) is 9.06. The first-order valence-corrected chi connectivity index (χ1v) is 5.07. The van der Waals surface area contributed by atoms with E-state index < -0.39 is 0 Å². The molecule has 1 aliphatic heterocycles. The van der Waals surface area contributed by atoms with Gasteiger partial charge in [-0.15, -0.1) is 0 Å². The fourth-order valence-electron chi connectivity index (χ4n) is 1.34. The number of halogens is 1. The average Bonchev–Trinajstić information content (AvgIpc) is 2.52. The summed E-state index contributed by atoms with van der Waals surface area (Å²) < 4.78 is 5.41. The molecule has 1 nitrogen and oxygen atoms in total. The maximum absolute atomic E-state index is 5.83. The standard InChI is InChI=1S/C9H9ClO.C2H6/c1-6-5-11-9-3-2-7(10)4-8(6)9;1-2/h2-4,6H,5H2,1H3;1-2H3. The van der Waals surface area contributed by atoms with Gasteiger partial charge in [0.1, 0.15) is 5.75 Å². The number of hydrogen-bond donors (Lipinski definition) is 0. The summed E-state index contributed by atoms with van der Waals surface area (Å²) >= 11 is 5.83. The first-order chi connectivity index (χ1) is 6.27. The molecule has 1 aliphatic rings. The zero-order valence-electron chi connectivity index (χ0n) is 8.30. The molecule has 1 heterocycles. The highest BCUT2D eigenvalue weighted by Gasteiger charge is 2.19. The molecule has 0 bridgehead atoms. The van der Waals surface area contributed by atoms with E-state index in [0.29, 0.717) is 5.92 Å². The molecule has 0 spiro atoms. The average molecular weight is 199 g/mol. The van der Waals surface area contributed by atoms with Crippen LogP contribution in [0.1, 0.15) is 32.3 Å². The van der Waals surface area contributed by atoms with Crippen molar-refractivity contribution in [3.63, 3.8) is 0 Å². The Labute approximate surface area is 84.7 Å². The molecule has 0 aromatic heterocycles. The molecular formula is C11H15ClO. The van der Waals surface area contributed by atoms with Gasteiger partial charge in [0.25, 0.3) is 0 Å². The lowest BCUT2D eigenvalue weighted by atomic mass is 10.0. The quantitative estimate of drug-likeness (QED) is 0.615. The minimum atomic E-state index is 0.490. The third kappa shape index (κ3) is 2.16. The first kappa shape index (κ1) is 10.4. The minimum Gasteiger partial charge on any atom is -0.493 e. The van der Waals surface area contributed by atoms with Crippen molar-refractivity contribution in [3.05, 3.63) is 28.8 Å². The van der Waals surface area contributed by atoms with E-state index in [2.05, 4.69) is 6.92 Å². The lowest BCUT2D eigenvalue weighted by Gasteiger charge is -1.99. The van der Waals surface area contributed by atoms with Gasteiger partial charge in [-0.3, -0.25) is 0 Å². The summed E-state index contributed by atoms with van der Waals surface area (Å²) in [6, 6.07) is 5.77. The van der Waals surface area contributed by atoms with Crippen molar-refractivity contribution < 1.29 is 4.74 Å². The Bertz CT molecular complexity index is 283. The van der Waals surface area contributed by atoms with Crippen molar-refractivity contribution in [3.8, 4) is 5.75 Å². The molecule has 2 rings (SSSR count). The van der Waals surface area contributed by atoms with Crippen molar-refractivity contribution in [2.45, 2.75) is 26.7 Å². The van der Waals surface area contributed by atoms with Crippen LogP contribution in [0.3, 0.4) is 0 Å². The topological polar surface area (TPSA) is 9.23 Å². The molecule has 0 fully saturated rings. The summed E-state index contributed by atoms with van der Waals surface area (Å²) in [5.41, 5.74) is 1.23. The molecule has 0 amide bonds. The van der Waals surface area contributed by atoms with E-state index in [9.17, 15) is 0 Å². The SMILES string of the molecule is CC.CC1COc2ccc(Cl)cc21. The summed E-state index contributed by atoms with van der Waals surface area (Å²) in [4.78, 5) is 0. The number of fused-ring (bicyclic) bond motifs is 1. The van der Waals surface area contributed by atoms with Crippen LogP contribution in [-0.2, 0) is 0 Å². The van der Waals surface area contributed by atoms with Crippen LogP contribution < -0.4 is 4.74 Å². The van der Waals surface area contributed by atoms with Crippen molar-refractivity contribution in [2.75, 3.05) is 6.61 Å². The highest BCUT2D eigenvalue weighted by Crippen LogP contribution is 2.34. The Morgan fingerprint density at radius 3 is 2.77 bits per heavy atom. The van der Waals surface area contributed by atoms with Crippen LogP contribution in [0.25, 0.3) is 0 Å². The minimum absolute atomic E-state index is 0.490. The molecule has 0 saturated heterocycles. The van der Waals surface area contributed by atoms with E-state index in [0.717, 1.165) is 17.4 Å². The molecule has 13 heavy (non-hydrogen) atoms. The van der Waals surface area contributed by atoms with Crippen LogP contribution >= 0.6 is 11.6 Å². The Morgan fingerprint density at radius 1 is 1.38 bits per heavy atom. The van der Waals surface area contributed by atoms with Crippen molar-refractivity contribution in [1.29, 1.82) is 0 Å². The van der Waals surface area contributed by atoms with Gasteiger partial charge < -0.3 is 4.74 Å². The zero-order chi connectivity index (χ0) is 9.84. The molecule has 0 radical (unpaired) electrons. The van der Waals surface area contributed by atoms with E-state index in [1.54, 1.807) is 0 Å². The Kier molecular flexibility index (Phi) is 3.61. The van der Waals surface area contributed by atoms with E-state index in [1.165, 1.54) is 5.56 Å². The Balaban J connectivity index is 0.000000396. The summed E-state index contributed by atoms with van der Waals surface area (Å²) in [5.74, 6) is 1.48. The van der Waals surface area contributed by atoms with E-state index in [-0.39, 0.29) is 0 Å². The maximum atomic E-state index is 5.83. The van der Waals surface area contributed by atoms with E-state index in [1.807, 2.05) is 32.0 Å². The molecule has 1 atom stereocenters. The Morgan fingerprint density at radius 2 is 2.08 bits per heavy atom. The Hall–Kier alpha value is -0.690. The predicted molar refractivity (Wildman–Crippen MR) is 56.7 cm³/mol. The maximum Gasteiger partial charge on any atom is 0.123 e. The number of rotatable bonds is 0. The van der Waals surface area contributed by atoms with Crippen molar-refractivity contribution in [2.24, 2.45) is 0 Å². The third-order valence-corrected chi connectivity index (χ3v) is 2.23. The van der Waals surface area contributed by atoms with Crippen LogP contribution in [0.4, 0.5) is 0 Å². The molecule has 0 aliphatic carbocycles. The van der Waals surface area contributed by atoms with Crippen LogP contribution in [0.15, 0.2) is 18.2 Å². The highest BCUT2D eigenvalue weighted by molar-refractivity contribution is 6.30. The summed E-state index contributed by atoms with van der Waals surface area (Å²) in [7, 11) is 0. The second-order valence-corrected chi connectivity index (χ2v) is 3.33. The van der Waals surface area contributed by atoms with Crippen molar-refractivity contribution >= 4 is 11.6 Å². The second-order valence-electron chi connectivity index (χ2n) is 2.89. The molecule has 0 N–H and O–H groups in total. The molecule has 2 heteroatoms. The summed E-state index contributed by atoms with van der Waals surface area (Å²) in [5, 5.41) is 0.793. The smallest absolute Gasteiger partial charge is 0.123 e. The van der Waals surface area contributed by atoms with E-state index in [4.69, 9.17) is 16.3 Å². The summed E-state index contributed by atoms with van der Waals surface area (Å²) in [6.45, 7) is 6.93. The molecule has 1 aromatic rings. The largest absolute Gasteiger partial charge is 0.493 e. The van der Waals surface area contributed by atoms with Crippen molar-refractivity contribution in [1.82, 2.24) is 0 Å². The molecule has 0 saturated carbocycles. The van der Waals surface area contributed by atoms with Gasteiger partial charge in [0.05, 0.1) is 6.61 Å². The van der Waals surface area contributed by atoms with Crippen LogP contribution in [0, 0.1) is 0 Å². The second kappa shape index (κ2) is 4.52. The van der Waals surface area contributed by atoms with Gasteiger partial charge in [0.15, 0.2) is 0 Å². The third-order valence-electron chi connectivity index (χ3n) is 1.99. The monoisotopic (exact) mass is 198 g/mol. The number of ether oxygens (including phenoxy) is 1. The fourth-order valence-corrected chi connectivity index (χ4v) is 1.52. The number of benzene rings is 1. The first-order valence-electron chi connectivity index (χ1n) is 4.69. The van der Waals surface area contributed by atoms with Gasteiger partial charge >= 0.3 is 0 Å². The van der Waals surface area contributed by atoms with Gasteiger partial charge in [0.2, 0.25) is 0 Å². The van der Waals surface area contributed by atoms with E-state index >= 15 is 0 Å². The molecular weight excluding hydrogens is 184 g/mol.